The topological polar surface area (TPSA) is 56.1 Å². The Kier molecular flexibility index (Phi) is 9.14. The molecule has 0 radical (unpaired) electrons. The second kappa shape index (κ2) is 12.0. The fourth-order valence-electron chi connectivity index (χ4n) is 4.03. The molecule has 0 aliphatic rings. The summed E-state index contributed by atoms with van der Waals surface area (Å²) in [6.07, 6.45) is 6.17. The van der Waals surface area contributed by atoms with E-state index in [1.54, 1.807) is 0 Å². The summed E-state index contributed by atoms with van der Waals surface area (Å²) in [5, 5.41) is 3.04. The first-order valence-electron chi connectivity index (χ1n) is 12.7. The van der Waals surface area contributed by atoms with Crippen molar-refractivity contribution in [3.63, 3.8) is 0 Å². The average Bonchev–Trinajstić information content (AvgIpc) is 3.14. The van der Waals surface area contributed by atoms with E-state index in [4.69, 9.17) is 9.72 Å². The predicted octanol–water partition coefficient (Wildman–Crippen LogP) is 6.39. The average molecular weight is 464 g/mol. The van der Waals surface area contributed by atoms with Gasteiger partial charge in [0.15, 0.2) is 0 Å². The lowest BCUT2D eigenvalue weighted by Gasteiger charge is -2.17. The van der Waals surface area contributed by atoms with E-state index in [-0.39, 0.29) is 11.3 Å². The largest absolute Gasteiger partial charge is 0.493 e. The number of ether oxygens (including phenoxy) is 1. The molecule has 34 heavy (non-hydrogen) atoms. The number of carbonyl (C=O) groups is 1. The van der Waals surface area contributed by atoms with Gasteiger partial charge in [-0.15, -0.1) is 0 Å². The molecule has 0 fully saturated rings. The van der Waals surface area contributed by atoms with Crippen LogP contribution in [0.15, 0.2) is 42.5 Å². The molecule has 2 aromatic carbocycles. The van der Waals surface area contributed by atoms with Gasteiger partial charge in [0.1, 0.15) is 11.6 Å². The maximum atomic E-state index is 12.0. The van der Waals surface area contributed by atoms with Gasteiger partial charge in [0.25, 0.3) is 0 Å². The Hall–Kier alpha value is -2.82. The van der Waals surface area contributed by atoms with Gasteiger partial charge in [-0.25, -0.2) is 4.98 Å². The standard InChI is InChI=1S/C29H41N3O2/c1-22-16-17-23(2)26(21-22)34-20-12-11-19-32-25-14-9-8-13-24(25)31-27(32)15-7-6-10-18-30-28(33)29(3,4)5/h8-9,13-14,16-17,21H,6-7,10-12,15,18-20H2,1-5H3,(H,30,33). The number of nitrogens with zero attached hydrogens (tertiary/aromatic N) is 2. The van der Waals surface area contributed by atoms with Crippen molar-refractivity contribution in [2.45, 2.75) is 79.7 Å². The molecule has 0 saturated heterocycles. The quantitative estimate of drug-likeness (QED) is 0.317. The number of fused-ring (bicyclic) bond motifs is 1. The molecule has 0 unspecified atom stereocenters. The fourth-order valence-corrected chi connectivity index (χ4v) is 4.03. The van der Waals surface area contributed by atoms with Crippen molar-refractivity contribution in [2.24, 2.45) is 5.41 Å². The monoisotopic (exact) mass is 463 g/mol. The SMILES string of the molecule is Cc1ccc(C)c(OCCCCn2c(CCCCCNC(=O)C(C)(C)C)nc3ccccc32)c1. The van der Waals surface area contributed by atoms with Crippen LogP contribution in [0.5, 0.6) is 5.75 Å². The maximum Gasteiger partial charge on any atom is 0.225 e. The highest BCUT2D eigenvalue weighted by Gasteiger charge is 2.20. The molecule has 0 bridgehead atoms. The van der Waals surface area contributed by atoms with Gasteiger partial charge in [-0.3, -0.25) is 4.79 Å². The van der Waals surface area contributed by atoms with Crippen LogP contribution in [0.2, 0.25) is 0 Å². The van der Waals surface area contributed by atoms with Crippen LogP contribution in [-0.4, -0.2) is 28.6 Å². The molecule has 3 rings (SSSR count). The van der Waals surface area contributed by atoms with Gasteiger partial charge >= 0.3 is 0 Å². The summed E-state index contributed by atoms with van der Waals surface area (Å²) in [4.78, 5) is 16.9. The molecule has 5 nitrogen and oxygen atoms in total. The second-order valence-corrected chi connectivity index (χ2v) is 10.3. The van der Waals surface area contributed by atoms with Gasteiger partial charge < -0.3 is 14.6 Å². The van der Waals surface area contributed by atoms with Gasteiger partial charge in [-0.05, 0) is 68.9 Å². The number of para-hydroxylation sites is 2. The highest BCUT2D eigenvalue weighted by molar-refractivity contribution is 5.81. The Morgan fingerprint density at radius 3 is 2.59 bits per heavy atom. The molecular formula is C29H41N3O2. The Labute approximate surface area is 204 Å². The first kappa shape index (κ1) is 25.8. The van der Waals surface area contributed by atoms with Crippen molar-refractivity contribution < 1.29 is 9.53 Å². The van der Waals surface area contributed by atoms with E-state index in [2.05, 4.69) is 66.2 Å². The highest BCUT2D eigenvalue weighted by Crippen LogP contribution is 2.21. The number of hydrogen-bond donors (Lipinski definition) is 1. The number of rotatable bonds is 12. The van der Waals surface area contributed by atoms with Crippen LogP contribution < -0.4 is 10.1 Å². The molecule has 5 heteroatoms. The molecule has 0 spiro atoms. The molecule has 1 aromatic heterocycles. The Morgan fingerprint density at radius 1 is 1.00 bits per heavy atom. The molecule has 1 amide bonds. The number of nitrogens with one attached hydrogen (secondary N) is 1. The second-order valence-electron chi connectivity index (χ2n) is 10.3. The number of benzene rings is 2. The van der Waals surface area contributed by atoms with Gasteiger partial charge in [-0.2, -0.15) is 0 Å². The summed E-state index contributed by atoms with van der Waals surface area (Å²) >= 11 is 0. The van der Waals surface area contributed by atoms with Crippen LogP contribution in [-0.2, 0) is 17.8 Å². The molecular weight excluding hydrogens is 422 g/mol. The highest BCUT2D eigenvalue weighted by atomic mass is 16.5. The zero-order chi connectivity index (χ0) is 24.6. The summed E-state index contributed by atoms with van der Waals surface area (Å²) < 4.78 is 8.42. The van der Waals surface area contributed by atoms with Gasteiger partial charge in [0.05, 0.1) is 17.6 Å². The van der Waals surface area contributed by atoms with E-state index in [1.165, 1.54) is 16.6 Å². The molecule has 0 aliphatic heterocycles. The van der Waals surface area contributed by atoms with Crippen LogP contribution in [0.25, 0.3) is 11.0 Å². The normalized spacial score (nSPS) is 11.7. The minimum absolute atomic E-state index is 0.121. The third kappa shape index (κ3) is 7.34. The lowest BCUT2D eigenvalue weighted by molar-refractivity contribution is -0.128. The smallest absolute Gasteiger partial charge is 0.225 e. The number of carbonyl (C=O) groups excluding carboxylic acids is 1. The van der Waals surface area contributed by atoms with E-state index in [9.17, 15) is 4.79 Å². The van der Waals surface area contributed by atoms with Crippen LogP contribution in [0.4, 0.5) is 0 Å². The van der Waals surface area contributed by atoms with Crippen molar-refractivity contribution in [2.75, 3.05) is 13.2 Å². The summed E-state index contributed by atoms with van der Waals surface area (Å²) in [5.41, 5.74) is 4.37. The minimum atomic E-state index is -0.325. The lowest BCUT2D eigenvalue weighted by atomic mass is 9.96. The van der Waals surface area contributed by atoms with Gasteiger partial charge in [-0.1, -0.05) is 51.5 Å². The molecule has 0 saturated carbocycles. The first-order valence-corrected chi connectivity index (χ1v) is 12.7. The number of aryl methyl sites for hydroxylation is 4. The van der Waals surface area contributed by atoms with Crippen LogP contribution in [0.3, 0.4) is 0 Å². The molecule has 0 aliphatic carbocycles. The summed E-state index contributed by atoms with van der Waals surface area (Å²) in [6.45, 7) is 12.5. The van der Waals surface area contributed by atoms with Crippen LogP contribution in [0.1, 0.15) is 69.8 Å². The summed E-state index contributed by atoms with van der Waals surface area (Å²) in [7, 11) is 0. The van der Waals surface area contributed by atoms with E-state index in [0.717, 1.165) is 75.3 Å². The van der Waals surface area contributed by atoms with E-state index < -0.39 is 0 Å². The lowest BCUT2D eigenvalue weighted by Crippen LogP contribution is -2.35. The van der Waals surface area contributed by atoms with Crippen molar-refractivity contribution >= 4 is 16.9 Å². The molecule has 3 aromatic rings. The number of aromatic nitrogens is 2. The maximum absolute atomic E-state index is 12.0. The van der Waals surface area contributed by atoms with Gasteiger partial charge in [0, 0.05) is 24.9 Å². The first-order chi connectivity index (χ1) is 16.3. The zero-order valence-electron chi connectivity index (χ0n) is 21.6. The van der Waals surface area contributed by atoms with E-state index >= 15 is 0 Å². The molecule has 1 heterocycles. The predicted molar refractivity (Wildman–Crippen MR) is 140 cm³/mol. The number of hydrogen-bond acceptors (Lipinski definition) is 3. The summed E-state index contributed by atoms with van der Waals surface area (Å²) in [5.74, 6) is 2.28. The summed E-state index contributed by atoms with van der Waals surface area (Å²) in [6, 6.07) is 14.8. The fraction of sp³-hybridized carbons (Fsp3) is 0.517. The minimum Gasteiger partial charge on any atom is -0.493 e. The van der Waals surface area contributed by atoms with Gasteiger partial charge in [0.2, 0.25) is 5.91 Å². The number of unbranched alkanes of at least 4 members (excludes halogenated alkanes) is 3. The van der Waals surface area contributed by atoms with Crippen molar-refractivity contribution in [3.05, 3.63) is 59.4 Å². The Morgan fingerprint density at radius 2 is 1.79 bits per heavy atom. The Bertz CT molecular complexity index is 1080. The van der Waals surface area contributed by atoms with Crippen LogP contribution in [0, 0.1) is 19.3 Å². The van der Waals surface area contributed by atoms with Crippen molar-refractivity contribution in [3.8, 4) is 5.75 Å². The molecule has 1 N–H and O–H groups in total. The third-order valence-corrected chi connectivity index (χ3v) is 6.15. The van der Waals surface area contributed by atoms with Crippen molar-refractivity contribution in [1.82, 2.24) is 14.9 Å². The molecule has 184 valence electrons. The van der Waals surface area contributed by atoms with E-state index in [1.807, 2.05) is 20.8 Å². The molecule has 0 atom stereocenters. The van der Waals surface area contributed by atoms with Crippen LogP contribution >= 0.6 is 0 Å². The number of imidazole rings is 1. The van der Waals surface area contributed by atoms with Crippen molar-refractivity contribution in [1.29, 1.82) is 0 Å². The number of amides is 1. The Balaban J connectivity index is 1.47. The van der Waals surface area contributed by atoms with E-state index in [0.29, 0.717) is 0 Å². The zero-order valence-corrected chi connectivity index (χ0v) is 21.6. The third-order valence-electron chi connectivity index (χ3n) is 6.15.